The van der Waals surface area contributed by atoms with Crippen LogP contribution in [-0.4, -0.2) is 23.9 Å². The Morgan fingerprint density at radius 1 is 1.17 bits per heavy atom. The number of halogens is 1. The van der Waals surface area contributed by atoms with E-state index < -0.39 is 0 Å². The van der Waals surface area contributed by atoms with E-state index in [1.54, 1.807) is 7.11 Å². The van der Waals surface area contributed by atoms with Gasteiger partial charge in [-0.05, 0) is 19.1 Å². The van der Waals surface area contributed by atoms with Crippen LogP contribution in [-0.2, 0) is 0 Å². The average Bonchev–Trinajstić information content (AvgIpc) is 2.97. The summed E-state index contributed by atoms with van der Waals surface area (Å²) in [5, 5.41) is 3.90. The van der Waals surface area contributed by atoms with E-state index in [1.165, 1.54) is 11.3 Å². The summed E-state index contributed by atoms with van der Waals surface area (Å²) in [4.78, 5) is 16.9. The Morgan fingerprint density at radius 3 is 2.61 bits per heavy atom. The molecule has 6 heteroatoms. The third kappa shape index (κ3) is 3.71. The summed E-state index contributed by atoms with van der Waals surface area (Å²) in [6.45, 7) is 1.85. The zero-order valence-electron chi connectivity index (χ0n) is 12.8. The van der Waals surface area contributed by atoms with Crippen molar-refractivity contribution >= 4 is 49.4 Å². The van der Waals surface area contributed by atoms with Gasteiger partial charge in [0.15, 0.2) is 10.9 Å². The van der Waals surface area contributed by atoms with Gasteiger partial charge in [-0.3, -0.25) is 4.79 Å². The largest absolute Gasteiger partial charge is 0.494 e. The summed E-state index contributed by atoms with van der Waals surface area (Å²) in [7, 11) is 1.63. The van der Waals surface area contributed by atoms with E-state index in [4.69, 9.17) is 4.74 Å². The molecule has 0 aliphatic heterocycles. The van der Waals surface area contributed by atoms with E-state index in [2.05, 4.69) is 10.3 Å². The van der Waals surface area contributed by atoms with Crippen molar-refractivity contribution in [2.75, 3.05) is 12.4 Å². The number of hydrogen-bond donors (Lipinski definition) is 1. The van der Waals surface area contributed by atoms with Gasteiger partial charge in [-0.1, -0.05) is 47.7 Å². The molecule has 4 nitrogen and oxygen atoms in total. The van der Waals surface area contributed by atoms with E-state index in [9.17, 15) is 4.79 Å². The van der Waals surface area contributed by atoms with Crippen LogP contribution < -0.4 is 10.1 Å². The summed E-state index contributed by atoms with van der Waals surface area (Å²) in [5.74, 6) is 0.788. The van der Waals surface area contributed by atoms with Crippen LogP contribution in [0.3, 0.4) is 0 Å². The highest BCUT2D eigenvalue weighted by molar-refractivity contribution is 8.93. The van der Waals surface area contributed by atoms with Gasteiger partial charge in [-0.2, -0.15) is 0 Å². The number of nitrogens with one attached hydrogen (secondary N) is 1. The third-order valence-electron chi connectivity index (χ3n) is 3.39. The first kappa shape index (κ1) is 17.4. The molecule has 0 bridgehead atoms. The van der Waals surface area contributed by atoms with Crippen molar-refractivity contribution in [1.29, 1.82) is 0 Å². The van der Waals surface area contributed by atoms with E-state index in [0.717, 1.165) is 21.1 Å². The van der Waals surface area contributed by atoms with Crippen LogP contribution in [0.5, 0.6) is 5.75 Å². The zero-order valence-corrected chi connectivity index (χ0v) is 15.3. The zero-order chi connectivity index (χ0) is 15.5. The van der Waals surface area contributed by atoms with Crippen LogP contribution in [0.2, 0.25) is 0 Å². The number of fused-ring (bicyclic) bond motifs is 1. The van der Waals surface area contributed by atoms with Crippen molar-refractivity contribution in [2.45, 2.75) is 13.0 Å². The number of carbonyl (C=O) groups is 1. The number of ether oxygens (including phenoxy) is 1. The quantitative estimate of drug-likeness (QED) is 0.646. The molecule has 3 aromatic rings. The molecule has 1 unspecified atom stereocenters. The molecule has 0 radical (unpaired) electrons. The fourth-order valence-corrected chi connectivity index (χ4v) is 3.22. The van der Waals surface area contributed by atoms with Crippen molar-refractivity contribution in [3.8, 4) is 5.75 Å². The van der Waals surface area contributed by atoms with Gasteiger partial charge in [0.2, 0.25) is 0 Å². The monoisotopic (exact) mass is 392 g/mol. The first-order valence-electron chi connectivity index (χ1n) is 6.98. The van der Waals surface area contributed by atoms with E-state index >= 15 is 0 Å². The molecular formula is C17H17BrN2O2S. The molecule has 0 saturated carbocycles. The number of Topliss-reactive ketones (excluding diaryl/α,β-unsaturated/α-hetero) is 1. The molecule has 3 rings (SSSR count). The van der Waals surface area contributed by atoms with Crippen LogP contribution >= 0.6 is 28.3 Å². The fourth-order valence-electron chi connectivity index (χ4n) is 2.25. The van der Waals surface area contributed by atoms with Crippen molar-refractivity contribution in [3.05, 3.63) is 54.1 Å². The number of carbonyl (C=O) groups excluding carboxylic acids is 1. The van der Waals surface area contributed by atoms with Crippen LogP contribution in [0.1, 0.15) is 17.3 Å². The minimum absolute atomic E-state index is 0. The van der Waals surface area contributed by atoms with Gasteiger partial charge in [0.25, 0.3) is 0 Å². The third-order valence-corrected chi connectivity index (χ3v) is 4.35. The predicted octanol–water partition coefficient (Wildman–Crippen LogP) is 4.57. The van der Waals surface area contributed by atoms with Crippen LogP contribution in [0.25, 0.3) is 10.2 Å². The number of para-hydroxylation sites is 1. The van der Waals surface area contributed by atoms with E-state index in [0.29, 0.717) is 5.56 Å². The van der Waals surface area contributed by atoms with Gasteiger partial charge in [0.05, 0.1) is 17.9 Å². The number of rotatable bonds is 5. The van der Waals surface area contributed by atoms with Crippen molar-refractivity contribution in [1.82, 2.24) is 4.98 Å². The summed E-state index contributed by atoms with van der Waals surface area (Å²) >= 11 is 1.51. The Hall–Kier alpha value is -1.92. The summed E-state index contributed by atoms with van der Waals surface area (Å²) < 4.78 is 6.34. The highest BCUT2D eigenvalue weighted by Crippen LogP contribution is 2.32. The number of aromatic nitrogens is 1. The standard InChI is InChI=1S/C17H16N2O2S.BrH/c1-11(16(20)12-7-4-3-5-8-12)18-17-19-15-13(21-2)9-6-10-14(15)22-17;/h3-11H,1-2H3,(H,18,19);1H. The Kier molecular flexibility index (Phi) is 5.74. The topological polar surface area (TPSA) is 51.2 Å². The molecule has 0 aliphatic carbocycles. The number of ketones is 1. The maximum Gasteiger partial charge on any atom is 0.184 e. The highest BCUT2D eigenvalue weighted by Gasteiger charge is 2.17. The van der Waals surface area contributed by atoms with Gasteiger partial charge in [0, 0.05) is 5.56 Å². The van der Waals surface area contributed by atoms with Gasteiger partial charge in [0.1, 0.15) is 11.3 Å². The van der Waals surface area contributed by atoms with Crippen LogP contribution in [0.4, 0.5) is 5.13 Å². The lowest BCUT2D eigenvalue weighted by molar-refractivity contribution is 0.0975. The lowest BCUT2D eigenvalue weighted by atomic mass is 10.1. The van der Waals surface area contributed by atoms with Crippen LogP contribution in [0, 0.1) is 0 Å². The van der Waals surface area contributed by atoms with Gasteiger partial charge in [-0.25, -0.2) is 4.98 Å². The molecule has 0 aliphatic rings. The molecule has 1 heterocycles. The van der Waals surface area contributed by atoms with Crippen LogP contribution in [0.15, 0.2) is 48.5 Å². The maximum atomic E-state index is 12.4. The first-order chi connectivity index (χ1) is 10.7. The van der Waals surface area contributed by atoms with E-state index in [-0.39, 0.29) is 28.8 Å². The molecule has 1 atom stereocenters. The maximum absolute atomic E-state index is 12.4. The predicted molar refractivity (Wildman–Crippen MR) is 100 cm³/mol. The highest BCUT2D eigenvalue weighted by atomic mass is 79.9. The minimum atomic E-state index is -0.339. The Labute approximate surface area is 149 Å². The Bertz CT molecular complexity index is 805. The molecule has 120 valence electrons. The molecular weight excluding hydrogens is 376 g/mol. The summed E-state index contributed by atoms with van der Waals surface area (Å²) in [6, 6.07) is 14.7. The Balaban J connectivity index is 0.00000192. The van der Waals surface area contributed by atoms with Crippen molar-refractivity contribution in [2.24, 2.45) is 0 Å². The molecule has 0 amide bonds. The van der Waals surface area contributed by atoms with Crippen molar-refractivity contribution in [3.63, 3.8) is 0 Å². The average molecular weight is 393 g/mol. The normalized spacial score (nSPS) is 11.6. The number of hydrogen-bond acceptors (Lipinski definition) is 5. The lowest BCUT2D eigenvalue weighted by Crippen LogP contribution is -2.26. The van der Waals surface area contributed by atoms with E-state index in [1.807, 2.05) is 55.5 Å². The smallest absolute Gasteiger partial charge is 0.184 e. The molecule has 1 aromatic heterocycles. The number of anilines is 1. The second-order valence-corrected chi connectivity index (χ2v) is 5.95. The second-order valence-electron chi connectivity index (χ2n) is 4.92. The molecule has 1 N–H and O–H groups in total. The second kappa shape index (κ2) is 7.57. The number of methoxy groups -OCH3 is 1. The Morgan fingerprint density at radius 2 is 1.91 bits per heavy atom. The van der Waals surface area contributed by atoms with Crippen molar-refractivity contribution < 1.29 is 9.53 Å². The lowest BCUT2D eigenvalue weighted by Gasteiger charge is -2.11. The summed E-state index contributed by atoms with van der Waals surface area (Å²) in [6.07, 6.45) is 0. The number of nitrogens with zero attached hydrogens (tertiary/aromatic N) is 1. The molecule has 0 spiro atoms. The molecule has 0 fully saturated rings. The number of thiazole rings is 1. The summed E-state index contributed by atoms with van der Waals surface area (Å²) in [5.41, 5.74) is 1.51. The molecule has 2 aromatic carbocycles. The van der Waals surface area contributed by atoms with Gasteiger partial charge < -0.3 is 10.1 Å². The molecule has 0 saturated heterocycles. The number of benzene rings is 2. The van der Waals surface area contributed by atoms with Gasteiger partial charge in [-0.15, -0.1) is 17.0 Å². The minimum Gasteiger partial charge on any atom is -0.494 e. The fraction of sp³-hybridized carbons (Fsp3) is 0.176. The molecule has 23 heavy (non-hydrogen) atoms. The SMILES string of the molecule is Br.COc1cccc2sc(NC(C)C(=O)c3ccccc3)nc12. The first-order valence-corrected chi connectivity index (χ1v) is 7.80. The van der Waals surface area contributed by atoms with Gasteiger partial charge >= 0.3 is 0 Å².